The molecule has 1 aromatic carbocycles. The Morgan fingerprint density at radius 2 is 2.00 bits per heavy atom. The van der Waals surface area contributed by atoms with Crippen molar-refractivity contribution in [3.8, 4) is 0 Å². The molecule has 0 spiro atoms. The molecule has 0 heterocycles. The normalized spacial score (nSPS) is 12.5. The van der Waals surface area contributed by atoms with Crippen LogP contribution in [0.3, 0.4) is 0 Å². The molecule has 0 aliphatic carbocycles. The molecular formula is C14H21N3O4S. The molecule has 0 aromatic heterocycles. The summed E-state index contributed by atoms with van der Waals surface area (Å²) in [6.07, 6.45) is 2.23. The summed E-state index contributed by atoms with van der Waals surface area (Å²) in [5.41, 5.74) is 6.66. The number of ketones is 1. The number of anilines is 1. The minimum atomic E-state index is -3.36. The van der Waals surface area contributed by atoms with Gasteiger partial charge in [0.15, 0.2) is 0 Å². The van der Waals surface area contributed by atoms with E-state index in [1.807, 2.05) is 6.92 Å². The molecule has 22 heavy (non-hydrogen) atoms. The number of carbonyl (C=O) groups excluding carboxylic acids is 2. The summed E-state index contributed by atoms with van der Waals surface area (Å²) in [7, 11) is -3.36. The molecule has 0 bridgehead atoms. The number of sulfonamides is 1. The van der Waals surface area contributed by atoms with Crippen LogP contribution in [0.4, 0.5) is 5.69 Å². The van der Waals surface area contributed by atoms with E-state index in [4.69, 9.17) is 5.73 Å². The van der Waals surface area contributed by atoms with E-state index >= 15 is 0 Å². The number of Topliss-reactive ketones (excluding diaryl/α,β-unsaturated/α-hetero) is 1. The first-order chi connectivity index (χ1) is 10.2. The van der Waals surface area contributed by atoms with Gasteiger partial charge in [-0.3, -0.25) is 14.3 Å². The highest BCUT2D eigenvalue weighted by Gasteiger charge is 2.20. The van der Waals surface area contributed by atoms with E-state index in [2.05, 4.69) is 10.0 Å². The number of benzene rings is 1. The predicted molar refractivity (Wildman–Crippen MR) is 84.6 cm³/mol. The smallest absolute Gasteiger partial charge is 0.289 e. The van der Waals surface area contributed by atoms with Crippen LogP contribution in [0.15, 0.2) is 24.3 Å². The van der Waals surface area contributed by atoms with Gasteiger partial charge in [0.05, 0.1) is 12.3 Å². The first-order valence-corrected chi connectivity index (χ1v) is 8.76. The highest BCUT2D eigenvalue weighted by atomic mass is 32.2. The van der Waals surface area contributed by atoms with E-state index in [0.29, 0.717) is 17.7 Å². The molecule has 0 saturated heterocycles. The number of nitrogens with one attached hydrogen (secondary N) is 2. The van der Waals surface area contributed by atoms with Crippen molar-refractivity contribution in [3.63, 3.8) is 0 Å². The van der Waals surface area contributed by atoms with E-state index in [0.717, 1.165) is 12.7 Å². The standard InChI is InChI=1S/C14H21N3O4S/c1-3-5-12(15)13(18)14(19)16-9-10-6-4-7-11(8-10)17-22(2,20)21/h4,6-8,12,17H,3,5,9,15H2,1-2H3,(H,16,19). The quantitative estimate of drug-likeness (QED) is 0.596. The van der Waals surface area contributed by atoms with Gasteiger partial charge in [-0.25, -0.2) is 8.42 Å². The van der Waals surface area contributed by atoms with Crippen molar-refractivity contribution in [3.05, 3.63) is 29.8 Å². The van der Waals surface area contributed by atoms with E-state index in [9.17, 15) is 18.0 Å². The van der Waals surface area contributed by atoms with Crippen molar-refractivity contribution in [1.29, 1.82) is 0 Å². The van der Waals surface area contributed by atoms with Gasteiger partial charge < -0.3 is 11.1 Å². The summed E-state index contributed by atoms with van der Waals surface area (Å²) in [4.78, 5) is 23.4. The lowest BCUT2D eigenvalue weighted by molar-refractivity contribution is -0.138. The highest BCUT2D eigenvalue weighted by Crippen LogP contribution is 2.11. The fourth-order valence-electron chi connectivity index (χ4n) is 1.84. The molecule has 8 heteroatoms. The Hall–Kier alpha value is -1.93. The van der Waals surface area contributed by atoms with Crippen LogP contribution in [-0.4, -0.2) is 32.4 Å². The fourth-order valence-corrected chi connectivity index (χ4v) is 2.39. The third-order valence-corrected chi connectivity index (χ3v) is 3.45. The van der Waals surface area contributed by atoms with E-state index in [1.165, 1.54) is 0 Å². The molecule has 0 aliphatic heterocycles. The van der Waals surface area contributed by atoms with Gasteiger partial charge in [0.1, 0.15) is 0 Å². The molecule has 1 amide bonds. The van der Waals surface area contributed by atoms with Crippen molar-refractivity contribution in [1.82, 2.24) is 5.32 Å². The van der Waals surface area contributed by atoms with Gasteiger partial charge in [0.2, 0.25) is 15.8 Å². The van der Waals surface area contributed by atoms with Crippen LogP contribution in [0.1, 0.15) is 25.3 Å². The van der Waals surface area contributed by atoms with Crippen molar-refractivity contribution < 1.29 is 18.0 Å². The first kappa shape index (κ1) is 18.1. The van der Waals surface area contributed by atoms with Crippen molar-refractivity contribution in [2.24, 2.45) is 5.73 Å². The van der Waals surface area contributed by atoms with Crippen LogP contribution in [0.25, 0.3) is 0 Å². The Morgan fingerprint density at radius 1 is 1.32 bits per heavy atom. The average molecular weight is 327 g/mol. The Kier molecular flexibility index (Phi) is 6.51. The molecule has 0 saturated carbocycles. The van der Waals surface area contributed by atoms with Gasteiger partial charge in [0.25, 0.3) is 5.91 Å². The SMILES string of the molecule is CCCC(N)C(=O)C(=O)NCc1cccc(NS(C)(=O)=O)c1. The van der Waals surface area contributed by atoms with Crippen LogP contribution in [0.2, 0.25) is 0 Å². The second-order valence-corrected chi connectivity index (χ2v) is 6.77. The maximum absolute atomic E-state index is 11.7. The zero-order valence-electron chi connectivity index (χ0n) is 12.6. The van der Waals surface area contributed by atoms with Gasteiger partial charge in [-0.05, 0) is 24.1 Å². The number of rotatable bonds is 8. The van der Waals surface area contributed by atoms with Crippen LogP contribution in [-0.2, 0) is 26.2 Å². The minimum Gasteiger partial charge on any atom is -0.345 e. The third-order valence-electron chi connectivity index (χ3n) is 2.84. The molecule has 122 valence electrons. The van der Waals surface area contributed by atoms with Crippen LogP contribution in [0.5, 0.6) is 0 Å². The topological polar surface area (TPSA) is 118 Å². The van der Waals surface area contributed by atoms with Crippen molar-refractivity contribution in [2.45, 2.75) is 32.4 Å². The molecule has 0 radical (unpaired) electrons. The van der Waals surface area contributed by atoms with Gasteiger partial charge in [-0.1, -0.05) is 25.5 Å². The van der Waals surface area contributed by atoms with Gasteiger partial charge in [-0.15, -0.1) is 0 Å². The van der Waals surface area contributed by atoms with E-state index in [-0.39, 0.29) is 6.54 Å². The van der Waals surface area contributed by atoms with Crippen LogP contribution in [0, 0.1) is 0 Å². The molecule has 4 N–H and O–H groups in total. The summed E-state index contributed by atoms with van der Waals surface area (Å²) in [6, 6.07) is 5.75. The van der Waals surface area contributed by atoms with Crippen molar-refractivity contribution >= 4 is 27.4 Å². The number of amides is 1. The number of hydrogen-bond donors (Lipinski definition) is 3. The average Bonchev–Trinajstić information content (AvgIpc) is 2.42. The first-order valence-electron chi connectivity index (χ1n) is 6.87. The summed E-state index contributed by atoms with van der Waals surface area (Å²) in [5.74, 6) is -1.38. The second-order valence-electron chi connectivity index (χ2n) is 5.02. The lowest BCUT2D eigenvalue weighted by Crippen LogP contribution is -2.42. The number of carbonyl (C=O) groups is 2. The Balaban J connectivity index is 2.63. The Bertz CT molecular complexity index is 643. The second kappa shape index (κ2) is 7.90. The Labute approximate surface area is 130 Å². The minimum absolute atomic E-state index is 0.114. The Morgan fingerprint density at radius 3 is 2.59 bits per heavy atom. The zero-order valence-corrected chi connectivity index (χ0v) is 13.4. The van der Waals surface area contributed by atoms with Gasteiger partial charge in [0, 0.05) is 12.2 Å². The highest BCUT2D eigenvalue weighted by molar-refractivity contribution is 7.92. The molecule has 0 aliphatic rings. The lowest BCUT2D eigenvalue weighted by atomic mass is 10.1. The molecule has 1 atom stereocenters. The number of nitrogens with two attached hydrogens (primary N) is 1. The summed E-state index contributed by atoms with van der Waals surface area (Å²) in [6.45, 7) is 1.99. The molecular weight excluding hydrogens is 306 g/mol. The summed E-state index contributed by atoms with van der Waals surface area (Å²) in [5, 5.41) is 2.48. The molecule has 1 rings (SSSR count). The monoisotopic (exact) mass is 327 g/mol. The lowest BCUT2D eigenvalue weighted by Gasteiger charge is -2.10. The van der Waals surface area contributed by atoms with Gasteiger partial charge >= 0.3 is 0 Å². The molecule has 1 aromatic rings. The third kappa shape index (κ3) is 6.23. The molecule has 1 unspecified atom stereocenters. The summed E-state index contributed by atoms with van der Waals surface area (Å²) < 4.78 is 24.7. The van der Waals surface area contributed by atoms with Crippen molar-refractivity contribution in [2.75, 3.05) is 11.0 Å². The predicted octanol–water partition coefficient (Wildman–Crippen LogP) is 0.371. The van der Waals surface area contributed by atoms with Crippen LogP contribution >= 0.6 is 0 Å². The number of hydrogen-bond acceptors (Lipinski definition) is 5. The van der Waals surface area contributed by atoms with E-state index in [1.54, 1.807) is 24.3 Å². The molecule has 0 fully saturated rings. The maximum atomic E-state index is 11.7. The zero-order chi connectivity index (χ0) is 16.8. The largest absolute Gasteiger partial charge is 0.345 e. The maximum Gasteiger partial charge on any atom is 0.289 e. The van der Waals surface area contributed by atoms with Gasteiger partial charge in [-0.2, -0.15) is 0 Å². The summed E-state index contributed by atoms with van der Waals surface area (Å²) >= 11 is 0. The van der Waals surface area contributed by atoms with Crippen LogP contribution < -0.4 is 15.8 Å². The van der Waals surface area contributed by atoms with E-state index < -0.39 is 27.8 Å². The molecule has 7 nitrogen and oxygen atoms in total. The fraction of sp³-hybridized carbons (Fsp3) is 0.429.